The van der Waals surface area contributed by atoms with Crippen LogP contribution in [0.25, 0.3) is 22.4 Å². The second-order valence-electron chi connectivity index (χ2n) is 6.80. The highest BCUT2D eigenvalue weighted by atomic mass is 16.5. The van der Waals surface area contributed by atoms with Crippen molar-refractivity contribution in [2.75, 3.05) is 20.2 Å². The molecule has 8 nitrogen and oxygen atoms in total. The van der Waals surface area contributed by atoms with Gasteiger partial charge in [-0.25, -0.2) is 0 Å². The number of amides is 1. The van der Waals surface area contributed by atoms with E-state index >= 15 is 0 Å². The third kappa shape index (κ3) is 4.23. The van der Waals surface area contributed by atoms with Crippen molar-refractivity contribution in [1.29, 1.82) is 0 Å². The number of rotatable bonds is 8. The Bertz CT molecular complexity index is 1030. The minimum atomic E-state index is -0.318. The molecule has 0 aliphatic rings. The van der Waals surface area contributed by atoms with Gasteiger partial charge in [-0.1, -0.05) is 19.1 Å². The van der Waals surface area contributed by atoms with Crippen LogP contribution in [0.4, 0.5) is 0 Å². The van der Waals surface area contributed by atoms with Crippen molar-refractivity contribution in [3.63, 3.8) is 0 Å². The van der Waals surface area contributed by atoms with E-state index in [2.05, 4.69) is 15.5 Å². The summed E-state index contributed by atoms with van der Waals surface area (Å²) < 4.78 is 5.22. The average Bonchev–Trinajstić information content (AvgIpc) is 3.19. The van der Waals surface area contributed by atoms with E-state index in [9.17, 15) is 15.0 Å². The van der Waals surface area contributed by atoms with Crippen LogP contribution in [0.1, 0.15) is 29.4 Å². The zero-order valence-electron chi connectivity index (χ0n) is 17.0. The Hall–Kier alpha value is -3.52. The summed E-state index contributed by atoms with van der Waals surface area (Å²) in [6.07, 6.45) is 1.23. The summed E-state index contributed by atoms with van der Waals surface area (Å²) in [5.41, 5.74) is 8.56. The van der Waals surface area contributed by atoms with Gasteiger partial charge >= 0.3 is 0 Å². The zero-order chi connectivity index (χ0) is 21.7. The molecular formula is C22H26N4O4. The van der Waals surface area contributed by atoms with Gasteiger partial charge in [0.15, 0.2) is 0 Å². The van der Waals surface area contributed by atoms with Crippen LogP contribution in [0, 0.1) is 0 Å². The first-order valence-electron chi connectivity index (χ1n) is 9.76. The third-order valence-electron chi connectivity index (χ3n) is 4.87. The van der Waals surface area contributed by atoms with Gasteiger partial charge < -0.3 is 26.0 Å². The molecule has 0 radical (unpaired) electrons. The molecule has 0 atom stereocenters. The van der Waals surface area contributed by atoms with Crippen molar-refractivity contribution in [1.82, 2.24) is 15.5 Å². The number of aromatic amines is 1. The van der Waals surface area contributed by atoms with Crippen LogP contribution in [0.2, 0.25) is 0 Å². The number of hydrogen-bond donors (Lipinski definition) is 5. The molecule has 6 N–H and O–H groups in total. The van der Waals surface area contributed by atoms with Crippen LogP contribution in [0.5, 0.6) is 17.2 Å². The zero-order valence-corrected chi connectivity index (χ0v) is 17.0. The number of carbonyl (C=O) groups is 1. The number of H-pyrrole nitrogens is 1. The van der Waals surface area contributed by atoms with Crippen LogP contribution in [0.15, 0.2) is 36.4 Å². The molecule has 0 fully saturated rings. The number of carbonyl (C=O) groups excluding carboxylic acids is 1. The number of nitrogens with two attached hydrogens (primary N) is 1. The van der Waals surface area contributed by atoms with Crippen molar-refractivity contribution in [2.45, 2.75) is 19.8 Å². The fraction of sp³-hybridized carbons (Fsp3) is 0.273. The molecule has 0 aliphatic carbocycles. The summed E-state index contributed by atoms with van der Waals surface area (Å²) in [4.78, 5) is 12.8. The first-order chi connectivity index (χ1) is 14.5. The van der Waals surface area contributed by atoms with Crippen molar-refractivity contribution in [3.05, 3.63) is 47.7 Å². The van der Waals surface area contributed by atoms with Gasteiger partial charge in [0.05, 0.1) is 7.11 Å². The lowest BCUT2D eigenvalue weighted by Crippen LogP contribution is -2.26. The summed E-state index contributed by atoms with van der Waals surface area (Å²) in [5, 5.41) is 30.5. The maximum absolute atomic E-state index is 12.8. The standard InChI is InChI=1S/C22H26N4O4/c1-3-13-11-16(18(28)12-17(13)27)20-19(14-5-7-15(30-2)8-6-14)21(26-25-20)22(29)24-10-4-9-23/h5-8,11-12,27-28H,3-4,9-10,23H2,1-2H3,(H,24,29)(H,25,26). The molecule has 0 saturated carbocycles. The normalized spacial score (nSPS) is 10.8. The molecule has 1 heterocycles. The number of hydrogen-bond acceptors (Lipinski definition) is 6. The summed E-state index contributed by atoms with van der Waals surface area (Å²) in [5.74, 6) is 0.251. The second-order valence-corrected chi connectivity index (χ2v) is 6.80. The maximum Gasteiger partial charge on any atom is 0.269 e. The highest BCUT2D eigenvalue weighted by Crippen LogP contribution is 2.40. The number of aryl methyl sites for hydroxylation is 1. The maximum atomic E-state index is 12.8. The Morgan fingerprint density at radius 3 is 2.57 bits per heavy atom. The largest absolute Gasteiger partial charge is 0.508 e. The molecule has 158 valence electrons. The minimum absolute atomic E-state index is 0.0139. The predicted molar refractivity (Wildman–Crippen MR) is 115 cm³/mol. The van der Waals surface area contributed by atoms with Gasteiger partial charge in [-0.2, -0.15) is 5.10 Å². The molecule has 0 spiro atoms. The van der Waals surface area contributed by atoms with Gasteiger partial charge in [-0.05, 0) is 48.7 Å². The highest BCUT2D eigenvalue weighted by molar-refractivity contribution is 6.03. The lowest BCUT2D eigenvalue weighted by Gasteiger charge is -2.11. The SMILES string of the molecule is CCc1cc(-c2n[nH]c(C(=O)NCCCN)c2-c2ccc(OC)cc2)c(O)cc1O. The fourth-order valence-electron chi connectivity index (χ4n) is 3.23. The lowest BCUT2D eigenvalue weighted by molar-refractivity contribution is 0.0949. The molecule has 0 aliphatic heterocycles. The fourth-order valence-corrected chi connectivity index (χ4v) is 3.23. The van der Waals surface area contributed by atoms with Gasteiger partial charge in [0, 0.05) is 23.7 Å². The van der Waals surface area contributed by atoms with Crippen LogP contribution < -0.4 is 15.8 Å². The van der Waals surface area contributed by atoms with E-state index in [1.807, 2.05) is 19.1 Å². The minimum Gasteiger partial charge on any atom is -0.508 e. The molecule has 30 heavy (non-hydrogen) atoms. The number of aromatic nitrogens is 2. The number of phenolic OH excluding ortho intramolecular Hbond substituents is 2. The molecule has 0 unspecified atom stereocenters. The van der Waals surface area contributed by atoms with Crippen molar-refractivity contribution >= 4 is 5.91 Å². The van der Waals surface area contributed by atoms with Gasteiger partial charge in [-0.15, -0.1) is 0 Å². The van der Waals surface area contributed by atoms with Crippen LogP contribution in [-0.4, -0.2) is 46.5 Å². The number of nitrogens with one attached hydrogen (secondary N) is 2. The van der Waals surface area contributed by atoms with E-state index in [-0.39, 0.29) is 23.1 Å². The average molecular weight is 410 g/mol. The Morgan fingerprint density at radius 1 is 1.20 bits per heavy atom. The number of nitrogens with zero attached hydrogens (tertiary/aromatic N) is 1. The topological polar surface area (TPSA) is 133 Å². The number of methoxy groups -OCH3 is 1. The van der Waals surface area contributed by atoms with E-state index in [1.165, 1.54) is 6.07 Å². The molecule has 3 rings (SSSR count). The monoisotopic (exact) mass is 410 g/mol. The Balaban J connectivity index is 2.15. The number of aromatic hydroxyl groups is 2. The molecule has 8 heteroatoms. The van der Waals surface area contributed by atoms with E-state index in [4.69, 9.17) is 10.5 Å². The van der Waals surface area contributed by atoms with Crippen molar-refractivity contribution < 1.29 is 19.7 Å². The molecule has 2 aromatic carbocycles. The summed E-state index contributed by atoms with van der Waals surface area (Å²) in [6, 6.07) is 10.2. The molecule has 3 aromatic rings. The Morgan fingerprint density at radius 2 is 1.93 bits per heavy atom. The van der Waals surface area contributed by atoms with E-state index in [0.29, 0.717) is 54.1 Å². The van der Waals surface area contributed by atoms with E-state index in [0.717, 1.165) is 5.56 Å². The highest BCUT2D eigenvalue weighted by Gasteiger charge is 2.24. The van der Waals surface area contributed by atoms with Crippen LogP contribution >= 0.6 is 0 Å². The second kappa shape index (κ2) is 9.32. The van der Waals surface area contributed by atoms with E-state index < -0.39 is 0 Å². The van der Waals surface area contributed by atoms with E-state index in [1.54, 1.807) is 25.3 Å². The van der Waals surface area contributed by atoms with Gasteiger partial charge in [-0.3, -0.25) is 9.89 Å². The molecule has 0 saturated heterocycles. The molecule has 1 amide bonds. The predicted octanol–water partition coefficient (Wildman–Crippen LogP) is 2.80. The van der Waals surface area contributed by atoms with Crippen molar-refractivity contribution in [2.24, 2.45) is 5.73 Å². The number of ether oxygens (including phenoxy) is 1. The quantitative estimate of drug-likeness (QED) is 0.363. The summed E-state index contributed by atoms with van der Waals surface area (Å²) >= 11 is 0. The van der Waals surface area contributed by atoms with Crippen LogP contribution in [-0.2, 0) is 6.42 Å². The van der Waals surface area contributed by atoms with Crippen molar-refractivity contribution in [3.8, 4) is 39.6 Å². The molecule has 1 aromatic heterocycles. The number of benzene rings is 2. The molecule has 0 bridgehead atoms. The first kappa shape index (κ1) is 21.2. The lowest BCUT2D eigenvalue weighted by atomic mass is 9.96. The smallest absolute Gasteiger partial charge is 0.269 e. The Labute approximate surface area is 174 Å². The number of phenols is 2. The summed E-state index contributed by atoms with van der Waals surface area (Å²) in [7, 11) is 1.58. The van der Waals surface area contributed by atoms with Gasteiger partial charge in [0.25, 0.3) is 5.91 Å². The summed E-state index contributed by atoms with van der Waals surface area (Å²) in [6.45, 7) is 2.82. The van der Waals surface area contributed by atoms with Gasteiger partial charge in [0.2, 0.25) is 0 Å². The van der Waals surface area contributed by atoms with Crippen LogP contribution in [0.3, 0.4) is 0 Å². The first-order valence-corrected chi connectivity index (χ1v) is 9.76. The third-order valence-corrected chi connectivity index (χ3v) is 4.87. The van der Waals surface area contributed by atoms with Gasteiger partial charge in [0.1, 0.15) is 28.6 Å². The Kier molecular flexibility index (Phi) is 6.58. The molecular weight excluding hydrogens is 384 g/mol.